The Morgan fingerprint density at radius 1 is 1.25 bits per heavy atom. The molecule has 12 heavy (non-hydrogen) atoms. The number of hydrogen-bond acceptors (Lipinski definition) is 3. The Morgan fingerprint density at radius 2 is 2.00 bits per heavy atom. The van der Waals surface area contributed by atoms with Crippen molar-refractivity contribution in [1.82, 2.24) is 10.2 Å². The number of thioether (sulfide) groups is 1. The Hall–Kier alpha value is 0.270. The van der Waals surface area contributed by atoms with Gasteiger partial charge in [0.15, 0.2) is 0 Å². The van der Waals surface area contributed by atoms with Gasteiger partial charge in [-0.05, 0) is 32.2 Å². The van der Waals surface area contributed by atoms with Crippen molar-refractivity contribution in [3.63, 3.8) is 0 Å². The summed E-state index contributed by atoms with van der Waals surface area (Å²) in [7, 11) is 0. The molecule has 3 heteroatoms. The predicted molar refractivity (Wildman–Crippen MR) is 54.8 cm³/mol. The minimum atomic E-state index is 0.822. The van der Waals surface area contributed by atoms with E-state index >= 15 is 0 Å². The third-order valence-electron chi connectivity index (χ3n) is 3.04. The van der Waals surface area contributed by atoms with Crippen LogP contribution in [0.15, 0.2) is 0 Å². The van der Waals surface area contributed by atoms with E-state index in [0.29, 0.717) is 0 Å². The molecular formula is C9H18N2S. The summed E-state index contributed by atoms with van der Waals surface area (Å²) < 4.78 is 0. The summed E-state index contributed by atoms with van der Waals surface area (Å²) in [5, 5.41) is 4.32. The number of rotatable bonds is 2. The summed E-state index contributed by atoms with van der Waals surface area (Å²) in [6, 6.07) is 0.822. The minimum Gasteiger partial charge on any atom is -0.314 e. The summed E-state index contributed by atoms with van der Waals surface area (Å²) >= 11 is 2.02. The van der Waals surface area contributed by atoms with Gasteiger partial charge in [-0.3, -0.25) is 4.90 Å². The van der Waals surface area contributed by atoms with E-state index in [2.05, 4.69) is 16.5 Å². The van der Waals surface area contributed by atoms with E-state index in [1.165, 1.54) is 39.0 Å². The Morgan fingerprint density at radius 3 is 2.67 bits per heavy atom. The van der Waals surface area contributed by atoms with E-state index in [1.807, 2.05) is 11.8 Å². The highest BCUT2D eigenvalue weighted by Gasteiger charge is 2.32. The molecule has 2 heterocycles. The van der Waals surface area contributed by atoms with Crippen LogP contribution in [-0.2, 0) is 0 Å². The molecule has 0 aliphatic carbocycles. The van der Waals surface area contributed by atoms with Crippen LogP contribution < -0.4 is 5.32 Å². The number of hydrogen-bond donors (Lipinski definition) is 1. The molecule has 2 atom stereocenters. The first kappa shape index (κ1) is 8.85. The largest absolute Gasteiger partial charge is 0.314 e. The SMILES string of the molecule is CSC1CNCC1N1CCCC1. The van der Waals surface area contributed by atoms with Crippen molar-refractivity contribution in [2.45, 2.75) is 24.1 Å². The van der Waals surface area contributed by atoms with Gasteiger partial charge in [0.05, 0.1) is 0 Å². The van der Waals surface area contributed by atoms with E-state index in [-0.39, 0.29) is 0 Å². The van der Waals surface area contributed by atoms with Crippen LogP contribution in [-0.4, -0.2) is 48.6 Å². The number of nitrogens with zero attached hydrogens (tertiary/aromatic N) is 1. The van der Waals surface area contributed by atoms with Crippen LogP contribution >= 0.6 is 11.8 Å². The summed E-state index contributed by atoms with van der Waals surface area (Å²) in [4.78, 5) is 2.67. The highest BCUT2D eigenvalue weighted by atomic mass is 32.2. The zero-order chi connectivity index (χ0) is 8.39. The lowest BCUT2D eigenvalue weighted by Crippen LogP contribution is -2.39. The van der Waals surface area contributed by atoms with Crippen LogP contribution in [0.5, 0.6) is 0 Å². The van der Waals surface area contributed by atoms with Crippen LogP contribution in [0.3, 0.4) is 0 Å². The van der Waals surface area contributed by atoms with Crippen molar-refractivity contribution in [2.75, 3.05) is 32.4 Å². The monoisotopic (exact) mass is 186 g/mol. The van der Waals surface area contributed by atoms with Gasteiger partial charge in [0.1, 0.15) is 0 Å². The van der Waals surface area contributed by atoms with Gasteiger partial charge in [0.2, 0.25) is 0 Å². The summed E-state index contributed by atoms with van der Waals surface area (Å²) in [6.45, 7) is 5.10. The molecule has 0 aromatic carbocycles. The second kappa shape index (κ2) is 3.99. The van der Waals surface area contributed by atoms with Crippen LogP contribution in [0, 0.1) is 0 Å². The fourth-order valence-corrected chi connectivity index (χ4v) is 3.19. The average molecular weight is 186 g/mol. The lowest BCUT2D eigenvalue weighted by molar-refractivity contribution is 0.263. The van der Waals surface area contributed by atoms with Crippen molar-refractivity contribution < 1.29 is 0 Å². The lowest BCUT2D eigenvalue weighted by Gasteiger charge is -2.26. The van der Waals surface area contributed by atoms with E-state index in [0.717, 1.165) is 11.3 Å². The standard InChI is InChI=1S/C9H18N2S/c1-12-9-7-10-6-8(9)11-4-2-3-5-11/h8-10H,2-7H2,1H3. The van der Waals surface area contributed by atoms with Gasteiger partial charge < -0.3 is 5.32 Å². The van der Waals surface area contributed by atoms with E-state index < -0.39 is 0 Å². The van der Waals surface area contributed by atoms with Gasteiger partial charge in [-0.2, -0.15) is 11.8 Å². The maximum atomic E-state index is 3.49. The van der Waals surface area contributed by atoms with E-state index in [4.69, 9.17) is 0 Å². The topological polar surface area (TPSA) is 15.3 Å². The van der Waals surface area contributed by atoms with E-state index in [1.54, 1.807) is 0 Å². The molecule has 2 nitrogen and oxygen atoms in total. The Labute approximate surface area is 79.1 Å². The highest BCUT2D eigenvalue weighted by molar-refractivity contribution is 7.99. The third kappa shape index (κ3) is 1.63. The van der Waals surface area contributed by atoms with E-state index in [9.17, 15) is 0 Å². The number of likely N-dealkylation sites (tertiary alicyclic amines) is 1. The van der Waals surface area contributed by atoms with Crippen molar-refractivity contribution in [1.29, 1.82) is 0 Å². The molecule has 2 aliphatic heterocycles. The molecule has 2 rings (SSSR count). The lowest BCUT2D eigenvalue weighted by atomic mass is 10.2. The Bertz CT molecular complexity index is 145. The molecule has 70 valence electrons. The molecule has 2 unspecified atom stereocenters. The maximum Gasteiger partial charge on any atom is 0.0351 e. The van der Waals surface area contributed by atoms with Gasteiger partial charge >= 0.3 is 0 Å². The highest BCUT2D eigenvalue weighted by Crippen LogP contribution is 2.23. The van der Waals surface area contributed by atoms with Gasteiger partial charge in [0, 0.05) is 24.4 Å². The van der Waals surface area contributed by atoms with Crippen molar-refractivity contribution in [2.24, 2.45) is 0 Å². The predicted octanol–water partition coefficient (Wildman–Crippen LogP) is 0.786. The second-order valence-corrected chi connectivity index (χ2v) is 4.82. The molecule has 0 bridgehead atoms. The number of nitrogens with one attached hydrogen (secondary N) is 1. The molecule has 0 spiro atoms. The molecule has 1 N–H and O–H groups in total. The first-order chi connectivity index (χ1) is 5.92. The van der Waals surface area contributed by atoms with Crippen LogP contribution in [0.4, 0.5) is 0 Å². The summed E-state index contributed by atoms with van der Waals surface area (Å²) in [5.41, 5.74) is 0. The second-order valence-electron chi connectivity index (χ2n) is 3.74. The minimum absolute atomic E-state index is 0.822. The Balaban J connectivity index is 1.92. The van der Waals surface area contributed by atoms with Crippen LogP contribution in [0.25, 0.3) is 0 Å². The average Bonchev–Trinajstić information content (AvgIpc) is 2.74. The zero-order valence-corrected chi connectivity index (χ0v) is 8.57. The first-order valence-electron chi connectivity index (χ1n) is 4.89. The molecule has 0 amide bonds. The quantitative estimate of drug-likeness (QED) is 0.686. The smallest absolute Gasteiger partial charge is 0.0351 e. The summed E-state index contributed by atoms with van der Waals surface area (Å²) in [5.74, 6) is 0. The molecule has 2 saturated heterocycles. The normalized spacial score (nSPS) is 37.8. The van der Waals surface area contributed by atoms with Crippen molar-refractivity contribution >= 4 is 11.8 Å². The fourth-order valence-electron chi connectivity index (χ4n) is 2.32. The van der Waals surface area contributed by atoms with Gasteiger partial charge in [-0.25, -0.2) is 0 Å². The fraction of sp³-hybridized carbons (Fsp3) is 1.00. The Kier molecular flexibility index (Phi) is 2.94. The molecule has 0 aromatic rings. The van der Waals surface area contributed by atoms with Crippen LogP contribution in [0.1, 0.15) is 12.8 Å². The van der Waals surface area contributed by atoms with Crippen molar-refractivity contribution in [3.8, 4) is 0 Å². The molecule has 0 aromatic heterocycles. The third-order valence-corrected chi connectivity index (χ3v) is 4.13. The molecule has 0 radical (unpaired) electrons. The van der Waals surface area contributed by atoms with Crippen LogP contribution in [0.2, 0.25) is 0 Å². The molecular weight excluding hydrogens is 168 g/mol. The van der Waals surface area contributed by atoms with Gasteiger partial charge in [-0.1, -0.05) is 0 Å². The molecule has 0 saturated carbocycles. The van der Waals surface area contributed by atoms with Gasteiger partial charge in [0.25, 0.3) is 0 Å². The zero-order valence-electron chi connectivity index (χ0n) is 7.75. The molecule has 2 aliphatic rings. The summed E-state index contributed by atoms with van der Waals surface area (Å²) in [6.07, 6.45) is 5.07. The van der Waals surface area contributed by atoms with Crippen molar-refractivity contribution in [3.05, 3.63) is 0 Å². The van der Waals surface area contributed by atoms with Gasteiger partial charge in [-0.15, -0.1) is 0 Å². The maximum absolute atomic E-state index is 3.49. The first-order valence-corrected chi connectivity index (χ1v) is 6.18. The molecule has 2 fully saturated rings.